The molecule has 0 aliphatic heterocycles. The van der Waals surface area contributed by atoms with Crippen molar-refractivity contribution in [1.82, 2.24) is 0 Å². The predicted molar refractivity (Wildman–Crippen MR) is 51.9 cm³/mol. The first-order valence-electron chi connectivity index (χ1n) is 3.80. The van der Waals surface area contributed by atoms with E-state index in [0.29, 0.717) is 4.90 Å². The summed E-state index contributed by atoms with van der Waals surface area (Å²) >= 11 is 1.33. The average molecular weight is 190 g/mol. The van der Waals surface area contributed by atoms with Gasteiger partial charge in [-0.05, 0) is 12.1 Å². The number of hydrogen-bond donors (Lipinski definition) is 0. The zero-order chi connectivity index (χ0) is 9.26. The van der Waals surface area contributed by atoms with E-state index < -0.39 is 5.43 Å². The molecule has 0 aromatic heterocycles. The summed E-state index contributed by atoms with van der Waals surface area (Å²) in [6.45, 7) is 0. The van der Waals surface area contributed by atoms with Crippen molar-refractivity contribution < 1.29 is 0 Å². The minimum atomic E-state index is -0.390. The van der Waals surface area contributed by atoms with Gasteiger partial charge in [0.05, 0.1) is 4.90 Å². The fraction of sp³-hybridized carbons (Fsp3) is 0. The van der Waals surface area contributed by atoms with Crippen LogP contribution in [-0.2, 0) is 0 Å². The van der Waals surface area contributed by atoms with Crippen LogP contribution in [0.5, 0.6) is 0 Å². The van der Waals surface area contributed by atoms with E-state index in [9.17, 15) is 9.59 Å². The molecular weight excluding hydrogens is 184 g/mol. The van der Waals surface area contributed by atoms with Gasteiger partial charge < -0.3 is 0 Å². The Kier molecular flexibility index (Phi) is 2.02. The molecule has 0 saturated carbocycles. The van der Waals surface area contributed by atoms with Gasteiger partial charge in [-0.3, -0.25) is 9.59 Å². The third-order valence-corrected chi connectivity index (χ3v) is 2.71. The summed E-state index contributed by atoms with van der Waals surface area (Å²) in [4.78, 5) is 23.0. The fourth-order valence-corrected chi connectivity index (χ4v) is 1.89. The van der Waals surface area contributed by atoms with E-state index in [-0.39, 0.29) is 5.43 Å². The van der Waals surface area contributed by atoms with Crippen LogP contribution in [0.1, 0.15) is 0 Å². The van der Waals surface area contributed by atoms with Gasteiger partial charge in [0, 0.05) is 11.0 Å². The summed E-state index contributed by atoms with van der Waals surface area (Å²) in [5.41, 5.74) is -0.757. The van der Waals surface area contributed by atoms with Crippen molar-refractivity contribution in [2.24, 2.45) is 0 Å². The van der Waals surface area contributed by atoms with Gasteiger partial charge in [-0.1, -0.05) is 30.0 Å². The molecule has 0 bridgehead atoms. The third kappa shape index (κ3) is 1.55. The number of hydrogen-bond acceptors (Lipinski definition) is 3. The smallest absolute Gasteiger partial charge is 0.239 e. The maximum absolute atomic E-state index is 10.9. The Labute approximate surface area is 78.9 Å². The van der Waals surface area contributed by atoms with Gasteiger partial charge in [-0.15, -0.1) is 0 Å². The third-order valence-electron chi connectivity index (χ3n) is 1.68. The van der Waals surface area contributed by atoms with Crippen LogP contribution >= 0.6 is 11.8 Å². The molecule has 2 aromatic carbocycles. The molecule has 0 heterocycles. The second-order valence-electron chi connectivity index (χ2n) is 2.62. The van der Waals surface area contributed by atoms with Crippen molar-refractivity contribution >= 4 is 11.8 Å². The lowest BCUT2D eigenvalue weighted by atomic mass is 10.3. The van der Waals surface area contributed by atoms with Crippen molar-refractivity contribution in [2.45, 2.75) is 9.79 Å². The molecule has 0 aliphatic carbocycles. The van der Waals surface area contributed by atoms with Gasteiger partial charge in [-0.25, -0.2) is 0 Å². The van der Waals surface area contributed by atoms with E-state index in [4.69, 9.17) is 0 Å². The molecule has 2 rings (SSSR count). The lowest BCUT2D eigenvalue weighted by Gasteiger charge is -2.00. The molecule has 3 heteroatoms. The van der Waals surface area contributed by atoms with E-state index in [1.165, 1.54) is 17.8 Å². The monoisotopic (exact) mass is 190 g/mol. The fourth-order valence-electron chi connectivity index (χ4n) is 0.985. The Balaban J connectivity index is 2.23. The van der Waals surface area contributed by atoms with Crippen molar-refractivity contribution in [3.05, 3.63) is 56.8 Å². The second kappa shape index (κ2) is 3.18. The lowest BCUT2D eigenvalue weighted by molar-refractivity contribution is 1.22. The molecule has 0 amide bonds. The largest absolute Gasteiger partial charge is 0.285 e. The van der Waals surface area contributed by atoms with Crippen LogP contribution in [0.25, 0.3) is 0 Å². The van der Waals surface area contributed by atoms with Crippen molar-refractivity contribution in [2.75, 3.05) is 0 Å². The highest BCUT2D eigenvalue weighted by molar-refractivity contribution is 7.99. The minimum absolute atomic E-state index is 0.367. The van der Waals surface area contributed by atoms with Crippen LogP contribution in [0, 0.1) is 0 Å². The van der Waals surface area contributed by atoms with Crippen LogP contribution < -0.4 is 10.9 Å². The van der Waals surface area contributed by atoms with Gasteiger partial charge in [0.15, 0.2) is 0 Å². The van der Waals surface area contributed by atoms with E-state index in [1.807, 2.05) is 30.3 Å². The molecule has 0 fully saturated rings. The Morgan fingerprint density at radius 1 is 1.00 bits per heavy atom. The maximum atomic E-state index is 10.9. The van der Waals surface area contributed by atoms with E-state index >= 15 is 0 Å². The van der Waals surface area contributed by atoms with Gasteiger partial charge >= 0.3 is 0 Å². The average Bonchev–Trinajstić information content (AvgIpc) is 2.19. The highest BCUT2D eigenvalue weighted by Gasteiger charge is 2.09. The molecule has 0 aliphatic rings. The van der Waals surface area contributed by atoms with E-state index in [0.717, 1.165) is 4.90 Å². The molecule has 2 aromatic rings. The number of benzene rings is 1. The van der Waals surface area contributed by atoms with E-state index in [2.05, 4.69) is 0 Å². The second-order valence-corrected chi connectivity index (χ2v) is 3.73. The van der Waals surface area contributed by atoms with Crippen molar-refractivity contribution in [1.29, 1.82) is 0 Å². The SMILES string of the molecule is O=c1cc(Sc2ccccc2)c1=O. The predicted octanol–water partition coefficient (Wildman–Crippen LogP) is 1.43. The standard InChI is InChI=1S/C10H6O2S/c11-8-6-9(10(8)12)13-7-4-2-1-3-5-7/h1-6H. The summed E-state index contributed by atoms with van der Waals surface area (Å²) in [6, 6.07) is 10.9. The molecular formula is C10H6O2S. The Hall–Kier alpha value is -1.35. The van der Waals surface area contributed by atoms with Crippen LogP contribution in [0.4, 0.5) is 0 Å². The summed E-state index contributed by atoms with van der Waals surface area (Å²) < 4.78 is 0. The van der Waals surface area contributed by atoms with Gasteiger partial charge in [0.1, 0.15) is 0 Å². The van der Waals surface area contributed by atoms with Crippen molar-refractivity contribution in [3.8, 4) is 0 Å². The van der Waals surface area contributed by atoms with Crippen molar-refractivity contribution in [3.63, 3.8) is 0 Å². The lowest BCUT2D eigenvalue weighted by Crippen LogP contribution is -2.30. The van der Waals surface area contributed by atoms with Gasteiger partial charge in [-0.2, -0.15) is 0 Å². The first kappa shape index (κ1) is 8.26. The summed E-state index contributed by atoms with van der Waals surface area (Å²) in [5.74, 6) is 0. The Bertz CT molecular complexity index is 481. The molecule has 13 heavy (non-hydrogen) atoms. The summed E-state index contributed by atoms with van der Waals surface area (Å²) in [7, 11) is 0. The molecule has 0 N–H and O–H groups in total. The molecule has 0 unspecified atom stereocenters. The summed E-state index contributed by atoms with van der Waals surface area (Å²) in [5, 5.41) is 0. The Morgan fingerprint density at radius 3 is 2.23 bits per heavy atom. The molecule has 0 saturated heterocycles. The Morgan fingerprint density at radius 2 is 1.69 bits per heavy atom. The quantitative estimate of drug-likeness (QED) is 0.672. The first-order chi connectivity index (χ1) is 6.27. The zero-order valence-electron chi connectivity index (χ0n) is 6.69. The maximum Gasteiger partial charge on any atom is 0.239 e. The van der Waals surface area contributed by atoms with E-state index in [1.54, 1.807) is 0 Å². The summed E-state index contributed by atoms with van der Waals surface area (Å²) in [6.07, 6.45) is 0. The van der Waals surface area contributed by atoms with Crippen LogP contribution in [0.3, 0.4) is 0 Å². The van der Waals surface area contributed by atoms with Crippen LogP contribution in [0.15, 0.2) is 55.8 Å². The molecule has 0 radical (unpaired) electrons. The molecule has 64 valence electrons. The molecule has 0 spiro atoms. The normalized spacial score (nSPS) is 10.5. The molecule has 2 nitrogen and oxygen atoms in total. The number of rotatable bonds is 2. The van der Waals surface area contributed by atoms with Crippen LogP contribution in [0.2, 0.25) is 0 Å². The first-order valence-corrected chi connectivity index (χ1v) is 4.62. The molecule has 0 atom stereocenters. The minimum Gasteiger partial charge on any atom is -0.285 e. The zero-order valence-corrected chi connectivity index (χ0v) is 7.51. The van der Waals surface area contributed by atoms with Gasteiger partial charge in [0.25, 0.3) is 0 Å². The highest BCUT2D eigenvalue weighted by atomic mass is 32.2. The van der Waals surface area contributed by atoms with Crippen LogP contribution in [-0.4, -0.2) is 0 Å². The topological polar surface area (TPSA) is 34.1 Å². The van der Waals surface area contributed by atoms with Gasteiger partial charge in [0.2, 0.25) is 10.9 Å². The highest BCUT2D eigenvalue weighted by Crippen LogP contribution is 2.23.